The largest absolute Gasteiger partial charge is 0.464 e. The predicted octanol–water partition coefficient (Wildman–Crippen LogP) is 6.59. The van der Waals surface area contributed by atoms with Crippen molar-refractivity contribution in [2.45, 2.75) is 72.1 Å². The first-order valence-electron chi connectivity index (χ1n) is 10.4. The average molecular weight is 379 g/mol. The molecule has 2 nitrogen and oxygen atoms in total. The second-order valence-corrected chi connectivity index (χ2v) is 10.4. The first kappa shape index (κ1) is 20.6. The summed E-state index contributed by atoms with van der Waals surface area (Å²) in [4.78, 5) is 12.2. The molecule has 1 aliphatic carbocycles. The number of benzene rings is 2. The summed E-state index contributed by atoms with van der Waals surface area (Å²) in [6.07, 6.45) is 0. The molecule has 3 rings (SSSR count). The fraction of sp³-hybridized carbons (Fsp3) is 0.500. The Hall–Kier alpha value is -2.09. The van der Waals surface area contributed by atoms with Crippen LogP contribution < -0.4 is 0 Å². The topological polar surface area (TPSA) is 26.3 Å². The van der Waals surface area contributed by atoms with Crippen LogP contribution in [0.4, 0.5) is 0 Å². The molecular weight excluding hydrogens is 344 g/mol. The molecule has 2 aromatic carbocycles. The molecule has 0 aromatic heterocycles. The van der Waals surface area contributed by atoms with E-state index >= 15 is 0 Å². The van der Waals surface area contributed by atoms with Crippen LogP contribution >= 0.6 is 0 Å². The second-order valence-electron chi connectivity index (χ2n) is 10.4. The average Bonchev–Trinajstić information content (AvgIpc) is 2.90. The highest BCUT2D eigenvalue weighted by molar-refractivity contribution is 5.80. The minimum atomic E-state index is -0.131. The van der Waals surface area contributed by atoms with Crippen molar-refractivity contribution in [3.8, 4) is 11.1 Å². The normalized spacial score (nSPS) is 14.2. The lowest BCUT2D eigenvalue weighted by molar-refractivity contribution is -0.147. The second kappa shape index (κ2) is 7.06. The number of fused-ring (bicyclic) bond motifs is 3. The molecule has 0 saturated heterocycles. The van der Waals surface area contributed by atoms with Crippen LogP contribution in [0.25, 0.3) is 11.1 Å². The number of rotatable bonds is 3. The van der Waals surface area contributed by atoms with Crippen LogP contribution in [0.3, 0.4) is 0 Å². The zero-order valence-corrected chi connectivity index (χ0v) is 18.6. The Bertz CT molecular complexity index is 828. The Morgan fingerprint density at radius 1 is 0.857 bits per heavy atom. The van der Waals surface area contributed by atoms with Crippen molar-refractivity contribution in [1.29, 1.82) is 0 Å². The van der Waals surface area contributed by atoms with E-state index in [1.54, 1.807) is 0 Å². The van der Waals surface area contributed by atoms with Crippen molar-refractivity contribution < 1.29 is 9.53 Å². The summed E-state index contributed by atoms with van der Waals surface area (Å²) in [5.74, 6) is -0.145. The molecule has 150 valence electrons. The fourth-order valence-electron chi connectivity index (χ4n) is 3.80. The molecule has 0 radical (unpaired) electrons. The van der Waals surface area contributed by atoms with Crippen molar-refractivity contribution in [2.24, 2.45) is 5.92 Å². The number of esters is 1. The van der Waals surface area contributed by atoms with Crippen molar-refractivity contribution in [1.82, 2.24) is 0 Å². The lowest BCUT2D eigenvalue weighted by Gasteiger charge is -2.22. The van der Waals surface area contributed by atoms with Gasteiger partial charge in [-0.15, -0.1) is 0 Å². The van der Waals surface area contributed by atoms with Gasteiger partial charge in [0.1, 0.15) is 6.61 Å². The van der Waals surface area contributed by atoms with E-state index in [0.717, 1.165) is 0 Å². The molecule has 2 heteroatoms. The third-order valence-electron chi connectivity index (χ3n) is 5.74. The molecular formula is C26H34O2. The van der Waals surface area contributed by atoms with Gasteiger partial charge in [-0.25, -0.2) is 0 Å². The van der Waals surface area contributed by atoms with E-state index in [4.69, 9.17) is 4.74 Å². The van der Waals surface area contributed by atoms with Gasteiger partial charge in [-0.2, -0.15) is 0 Å². The molecule has 0 unspecified atom stereocenters. The Morgan fingerprint density at radius 3 is 1.64 bits per heavy atom. The molecule has 0 heterocycles. The zero-order valence-electron chi connectivity index (χ0n) is 18.6. The van der Waals surface area contributed by atoms with E-state index in [1.165, 1.54) is 33.4 Å². The molecule has 28 heavy (non-hydrogen) atoms. The summed E-state index contributed by atoms with van der Waals surface area (Å²) in [6, 6.07) is 13.6. The third-order valence-corrected chi connectivity index (χ3v) is 5.74. The lowest BCUT2D eigenvalue weighted by Crippen LogP contribution is -2.18. The number of hydrogen-bond acceptors (Lipinski definition) is 2. The summed E-state index contributed by atoms with van der Waals surface area (Å²) >= 11 is 0. The quantitative estimate of drug-likeness (QED) is 0.563. The number of carbonyl (C=O) groups is 1. The molecule has 1 aliphatic rings. The van der Waals surface area contributed by atoms with E-state index in [-0.39, 0.29) is 28.6 Å². The molecule has 0 fully saturated rings. The van der Waals surface area contributed by atoms with Crippen LogP contribution in [-0.4, -0.2) is 12.6 Å². The molecule has 0 atom stereocenters. The van der Waals surface area contributed by atoms with Crippen LogP contribution in [0.1, 0.15) is 83.6 Å². The van der Waals surface area contributed by atoms with Gasteiger partial charge >= 0.3 is 5.97 Å². The van der Waals surface area contributed by atoms with Gasteiger partial charge in [0.15, 0.2) is 0 Å². The van der Waals surface area contributed by atoms with Gasteiger partial charge in [0.25, 0.3) is 0 Å². The third kappa shape index (κ3) is 3.87. The minimum absolute atomic E-state index is 0.0829. The highest BCUT2D eigenvalue weighted by Crippen LogP contribution is 2.47. The Balaban J connectivity index is 2.09. The monoisotopic (exact) mass is 378 g/mol. The maximum atomic E-state index is 12.2. The summed E-state index contributed by atoms with van der Waals surface area (Å²) in [7, 11) is 0. The highest BCUT2D eigenvalue weighted by Gasteiger charge is 2.32. The van der Waals surface area contributed by atoms with Crippen LogP contribution in [0.2, 0.25) is 0 Å². The first-order chi connectivity index (χ1) is 12.9. The minimum Gasteiger partial charge on any atom is -0.464 e. The Morgan fingerprint density at radius 2 is 1.29 bits per heavy atom. The van der Waals surface area contributed by atoms with Gasteiger partial charge in [0.05, 0.1) is 5.92 Å². The van der Waals surface area contributed by atoms with Crippen molar-refractivity contribution >= 4 is 5.97 Å². The van der Waals surface area contributed by atoms with Crippen LogP contribution in [0, 0.1) is 5.92 Å². The van der Waals surface area contributed by atoms with Crippen LogP contribution in [0.15, 0.2) is 36.4 Å². The Labute approximate surface area is 170 Å². The maximum Gasteiger partial charge on any atom is 0.308 e. The summed E-state index contributed by atoms with van der Waals surface area (Å²) < 4.78 is 5.71. The van der Waals surface area contributed by atoms with E-state index in [9.17, 15) is 4.79 Å². The molecule has 0 spiro atoms. The van der Waals surface area contributed by atoms with Gasteiger partial charge in [0.2, 0.25) is 0 Å². The number of hydrogen-bond donors (Lipinski definition) is 0. The van der Waals surface area contributed by atoms with E-state index in [0.29, 0.717) is 6.61 Å². The van der Waals surface area contributed by atoms with E-state index in [2.05, 4.69) is 77.9 Å². The standard InChI is InChI=1S/C26H34O2/c1-16(2)24(27)28-15-23-21-13-17(25(3,4)5)9-11-19(21)20-12-10-18(14-22(20)23)26(6,7)8/h9-14,16,23H,15H2,1-8H3. The smallest absolute Gasteiger partial charge is 0.308 e. The van der Waals surface area contributed by atoms with Gasteiger partial charge in [-0.1, -0.05) is 91.8 Å². The molecule has 0 N–H and O–H groups in total. The van der Waals surface area contributed by atoms with Crippen LogP contribution in [-0.2, 0) is 20.4 Å². The zero-order chi connectivity index (χ0) is 20.9. The van der Waals surface area contributed by atoms with Crippen LogP contribution in [0.5, 0.6) is 0 Å². The molecule has 0 bridgehead atoms. The molecule has 0 aliphatic heterocycles. The highest BCUT2D eigenvalue weighted by atomic mass is 16.5. The van der Waals surface area contributed by atoms with Gasteiger partial charge in [-0.05, 0) is 44.2 Å². The first-order valence-corrected chi connectivity index (χ1v) is 10.4. The SMILES string of the molecule is CC(C)C(=O)OCC1c2cc(C(C)(C)C)ccc2-c2ccc(C(C)(C)C)cc21. The van der Waals surface area contributed by atoms with Gasteiger partial charge in [0, 0.05) is 5.92 Å². The number of carbonyl (C=O) groups excluding carboxylic acids is 1. The van der Waals surface area contributed by atoms with Gasteiger partial charge < -0.3 is 4.74 Å². The molecule has 2 aromatic rings. The fourth-order valence-corrected chi connectivity index (χ4v) is 3.80. The van der Waals surface area contributed by atoms with Crippen molar-refractivity contribution in [2.75, 3.05) is 6.61 Å². The molecule has 0 amide bonds. The lowest BCUT2D eigenvalue weighted by atomic mass is 9.83. The van der Waals surface area contributed by atoms with Crippen molar-refractivity contribution in [3.05, 3.63) is 58.7 Å². The molecule has 0 saturated carbocycles. The van der Waals surface area contributed by atoms with Gasteiger partial charge in [-0.3, -0.25) is 4.79 Å². The summed E-state index contributed by atoms with van der Waals surface area (Å²) in [6.45, 7) is 17.6. The van der Waals surface area contributed by atoms with Crippen molar-refractivity contribution in [3.63, 3.8) is 0 Å². The van der Waals surface area contributed by atoms with E-state index in [1.807, 2.05) is 13.8 Å². The predicted molar refractivity (Wildman–Crippen MR) is 117 cm³/mol. The Kier molecular flexibility index (Phi) is 5.20. The maximum absolute atomic E-state index is 12.2. The number of ether oxygens (including phenoxy) is 1. The summed E-state index contributed by atoms with van der Waals surface area (Å²) in [5, 5.41) is 0. The summed E-state index contributed by atoms with van der Waals surface area (Å²) in [5.41, 5.74) is 7.91. The van der Waals surface area contributed by atoms with E-state index < -0.39 is 0 Å².